The van der Waals surface area contributed by atoms with Crippen LogP contribution >= 0.6 is 0 Å². The molecule has 1 aliphatic heterocycles. The highest BCUT2D eigenvalue weighted by molar-refractivity contribution is 5.93. The van der Waals surface area contributed by atoms with Crippen LogP contribution in [0, 0.1) is 17.7 Å². The second kappa shape index (κ2) is 14.8. The first kappa shape index (κ1) is 29.5. The minimum absolute atomic E-state index is 0.168. The summed E-state index contributed by atoms with van der Waals surface area (Å²) in [5.74, 6) is 6.38. The van der Waals surface area contributed by atoms with Crippen LogP contribution in [-0.2, 0) is 14.3 Å². The van der Waals surface area contributed by atoms with Crippen LogP contribution in [-0.4, -0.2) is 91.6 Å². The Kier molecular flexibility index (Phi) is 11.2. The van der Waals surface area contributed by atoms with E-state index in [4.69, 9.17) is 4.74 Å². The standard InChI is InChI=1S/C28H36FN7O3/c1-30-26-20(18-32-28(34-26)33-22-13-11-21(29)12-14-22)9-6-5-7-15-31-27(38)24-17-23(39-4)19-36(24)25(37)10-8-16-35(2)3/h8,10-14,18,23-24H,5,7,15-17,19H2,1-4H3,(H,31,38)(H2,30,32,33,34)/b10-8+/t23-,24-/m0/s1. The van der Waals surface area contributed by atoms with E-state index in [9.17, 15) is 14.0 Å². The third-order valence-electron chi connectivity index (χ3n) is 6.04. The number of methoxy groups -OCH3 is 1. The highest BCUT2D eigenvalue weighted by Crippen LogP contribution is 2.21. The quantitative estimate of drug-likeness (QED) is 0.228. The van der Waals surface area contributed by atoms with Crippen LogP contribution in [0.1, 0.15) is 24.8 Å². The molecule has 1 fully saturated rings. The molecule has 2 amide bonds. The fourth-order valence-electron chi connectivity index (χ4n) is 3.97. The fraction of sp³-hybridized carbons (Fsp3) is 0.429. The SMILES string of the molecule is CNc1nc(Nc2ccc(F)cc2)ncc1C#CCCCNC(=O)[C@@H]1C[C@H](OC)CN1C(=O)/C=C/CN(C)C. The van der Waals surface area contributed by atoms with E-state index in [0.29, 0.717) is 61.9 Å². The summed E-state index contributed by atoms with van der Waals surface area (Å²) < 4.78 is 18.5. The molecule has 1 aliphatic rings. The van der Waals surface area contributed by atoms with E-state index in [1.54, 1.807) is 43.5 Å². The van der Waals surface area contributed by atoms with Crippen LogP contribution in [0.5, 0.6) is 0 Å². The molecule has 2 aromatic rings. The van der Waals surface area contributed by atoms with Crippen molar-refractivity contribution >= 4 is 29.3 Å². The van der Waals surface area contributed by atoms with Crippen LogP contribution < -0.4 is 16.0 Å². The Morgan fingerprint density at radius 2 is 2.05 bits per heavy atom. The number of anilines is 3. The minimum Gasteiger partial charge on any atom is -0.380 e. The van der Waals surface area contributed by atoms with Gasteiger partial charge in [0, 0.05) is 58.4 Å². The predicted molar refractivity (Wildman–Crippen MR) is 149 cm³/mol. The number of amides is 2. The molecule has 0 aliphatic carbocycles. The van der Waals surface area contributed by atoms with Crippen molar-refractivity contribution in [3.05, 3.63) is 54.0 Å². The number of rotatable bonds is 11. The van der Waals surface area contributed by atoms with Gasteiger partial charge in [-0.3, -0.25) is 9.59 Å². The molecule has 39 heavy (non-hydrogen) atoms. The minimum atomic E-state index is -0.560. The summed E-state index contributed by atoms with van der Waals surface area (Å²) >= 11 is 0. The molecule has 3 N–H and O–H groups in total. The zero-order valence-electron chi connectivity index (χ0n) is 22.8. The Morgan fingerprint density at radius 1 is 1.28 bits per heavy atom. The summed E-state index contributed by atoms with van der Waals surface area (Å²) in [6.45, 7) is 1.47. The Hall–Kier alpha value is -4.01. The maximum Gasteiger partial charge on any atom is 0.247 e. The summed E-state index contributed by atoms with van der Waals surface area (Å²) in [6, 6.07) is 5.36. The molecule has 3 rings (SSSR count). The first-order valence-corrected chi connectivity index (χ1v) is 12.8. The Morgan fingerprint density at radius 3 is 2.74 bits per heavy atom. The number of unbranched alkanes of at least 4 members (excludes halogenated alkanes) is 1. The average Bonchev–Trinajstić information content (AvgIpc) is 3.37. The molecule has 11 heteroatoms. The summed E-state index contributed by atoms with van der Waals surface area (Å²) in [7, 11) is 7.18. The second-order valence-corrected chi connectivity index (χ2v) is 9.30. The van der Waals surface area contributed by atoms with Crippen LogP contribution in [0.3, 0.4) is 0 Å². The average molecular weight is 538 g/mol. The van der Waals surface area contributed by atoms with Gasteiger partial charge in [0.05, 0.1) is 17.9 Å². The van der Waals surface area contributed by atoms with Crippen LogP contribution in [0.25, 0.3) is 0 Å². The van der Waals surface area contributed by atoms with Gasteiger partial charge in [-0.15, -0.1) is 0 Å². The lowest BCUT2D eigenvalue weighted by Crippen LogP contribution is -2.45. The zero-order valence-corrected chi connectivity index (χ0v) is 22.8. The molecular formula is C28H36FN7O3. The number of aromatic nitrogens is 2. The van der Waals surface area contributed by atoms with Gasteiger partial charge in [-0.2, -0.15) is 4.98 Å². The van der Waals surface area contributed by atoms with Gasteiger partial charge in [0.2, 0.25) is 17.8 Å². The number of likely N-dealkylation sites (tertiary alicyclic amines) is 1. The number of hydrogen-bond acceptors (Lipinski definition) is 8. The van der Waals surface area contributed by atoms with Crippen LogP contribution in [0.15, 0.2) is 42.6 Å². The molecule has 0 bridgehead atoms. The summed E-state index contributed by atoms with van der Waals surface area (Å²) in [6.07, 6.45) is 6.42. The number of nitrogens with zero attached hydrogens (tertiary/aromatic N) is 4. The van der Waals surface area contributed by atoms with E-state index in [1.807, 2.05) is 19.0 Å². The van der Waals surface area contributed by atoms with Crippen LogP contribution in [0.2, 0.25) is 0 Å². The van der Waals surface area contributed by atoms with E-state index >= 15 is 0 Å². The number of benzene rings is 1. The number of carbonyl (C=O) groups excluding carboxylic acids is 2. The van der Waals surface area contributed by atoms with E-state index < -0.39 is 6.04 Å². The maximum absolute atomic E-state index is 13.1. The smallest absolute Gasteiger partial charge is 0.247 e. The van der Waals surface area contributed by atoms with Crippen LogP contribution in [0.4, 0.5) is 21.8 Å². The molecule has 2 atom stereocenters. The monoisotopic (exact) mass is 537 g/mol. The predicted octanol–water partition coefficient (Wildman–Crippen LogP) is 2.38. The van der Waals surface area contributed by atoms with E-state index in [2.05, 4.69) is 37.8 Å². The fourth-order valence-corrected chi connectivity index (χ4v) is 3.97. The first-order valence-electron chi connectivity index (χ1n) is 12.8. The van der Waals surface area contributed by atoms with E-state index in [1.165, 1.54) is 18.2 Å². The third-order valence-corrected chi connectivity index (χ3v) is 6.04. The molecule has 2 heterocycles. The number of likely N-dealkylation sites (N-methyl/N-ethyl adjacent to an activating group) is 1. The summed E-state index contributed by atoms with van der Waals surface area (Å²) in [5.41, 5.74) is 1.31. The number of ether oxygens (including phenoxy) is 1. The molecule has 1 saturated heterocycles. The first-order chi connectivity index (χ1) is 18.8. The van der Waals surface area contributed by atoms with Gasteiger partial charge in [-0.25, -0.2) is 9.37 Å². The lowest BCUT2D eigenvalue weighted by atomic mass is 10.1. The lowest BCUT2D eigenvalue weighted by molar-refractivity contribution is -0.135. The van der Waals surface area contributed by atoms with Crippen molar-refractivity contribution in [1.29, 1.82) is 0 Å². The van der Waals surface area contributed by atoms with E-state index in [-0.39, 0.29) is 23.7 Å². The zero-order chi connectivity index (χ0) is 28.2. The molecule has 0 saturated carbocycles. The molecule has 0 spiro atoms. The number of nitrogens with one attached hydrogen (secondary N) is 3. The van der Waals surface area contributed by atoms with Crippen molar-refractivity contribution in [2.75, 3.05) is 58.5 Å². The van der Waals surface area contributed by atoms with Crippen molar-refractivity contribution in [3.63, 3.8) is 0 Å². The highest BCUT2D eigenvalue weighted by Gasteiger charge is 2.38. The third kappa shape index (κ3) is 9.05. The van der Waals surface area contributed by atoms with E-state index in [0.717, 1.165) is 0 Å². The largest absolute Gasteiger partial charge is 0.380 e. The van der Waals surface area contributed by atoms with Crippen molar-refractivity contribution in [3.8, 4) is 11.8 Å². The van der Waals surface area contributed by atoms with Gasteiger partial charge in [0.15, 0.2) is 0 Å². The Balaban J connectivity index is 1.49. The Bertz CT molecular complexity index is 1210. The second-order valence-electron chi connectivity index (χ2n) is 9.30. The van der Waals surface area contributed by atoms with Crippen molar-refractivity contribution in [2.45, 2.75) is 31.4 Å². The Labute approximate surface area is 229 Å². The normalized spacial score (nSPS) is 16.7. The number of hydrogen-bond donors (Lipinski definition) is 3. The topological polar surface area (TPSA) is 112 Å². The lowest BCUT2D eigenvalue weighted by Gasteiger charge is -2.22. The highest BCUT2D eigenvalue weighted by atomic mass is 19.1. The molecule has 0 radical (unpaired) electrons. The van der Waals surface area contributed by atoms with Gasteiger partial charge >= 0.3 is 0 Å². The number of carbonyl (C=O) groups is 2. The van der Waals surface area contributed by atoms with Gasteiger partial charge < -0.3 is 30.5 Å². The van der Waals surface area contributed by atoms with Gasteiger partial charge in [0.1, 0.15) is 17.7 Å². The molecule has 0 unspecified atom stereocenters. The molecular weight excluding hydrogens is 501 g/mol. The maximum atomic E-state index is 13.1. The summed E-state index contributed by atoms with van der Waals surface area (Å²) in [5, 5.41) is 8.96. The van der Waals surface area contributed by atoms with Crippen molar-refractivity contribution < 1.29 is 18.7 Å². The summed E-state index contributed by atoms with van der Waals surface area (Å²) in [4.78, 5) is 37.7. The van der Waals surface area contributed by atoms with Gasteiger partial charge in [-0.05, 0) is 44.8 Å². The molecule has 208 valence electrons. The molecule has 1 aromatic heterocycles. The van der Waals surface area contributed by atoms with Crippen molar-refractivity contribution in [1.82, 2.24) is 25.1 Å². The van der Waals surface area contributed by atoms with Gasteiger partial charge in [0.25, 0.3) is 0 Å². The number of halogens is 1. The van der Waals surface area contributed by atoms with Crippen molar-refractivity contribution in [2.24, 2.45) is 0 Å². The van der Waals surface area contributed by atoms with Gasteiger partial charge in [-0.1, -0.05) is 17.9 Å². The molecule has 1 aromatic carbocycles. The molecule has 10 nitrogen and oxygen atoms in total.